The smallest absolute Gasteiger partial charge is 0.407 e. The van der Waals surface area contributed by atoms with Gasteiger partial charge in [0.2, 0.25) is 5.91 Å². The Morgan fingerprint density at radius 1 is 1.29 bits per heavy atom. The number of halogens is 1. The van der Waals surface area contributed by atoms with E-state index in [1.54, 1.807) is 21.1 Å². The summed E-state index contributed by atoms with van der Waals surface area (Å²) in [7, 11) is 4.79. The minimum atomic E-state index is -0.877. The third-order valence-electron chi connectivity index (χ3n) is 8.02. The van der Waals surface area contributed by atoms with E-state index in [-0.39, 0.29) is 30.4 Å². The summed E-state index contributed by atoms with van der Waals surface area (Å²) in [6.07, 6.45) is 6.03. The number of hydrogen-bond acceptors (Lipinski definition) is 8. The van der Waals surface area contributed by atoms with Crippen molar-refractivity contribution in [3.63, 3.8) is 0 Å². The van der Waals surface area contributed by atoms with Crippen molar-refractivity contribution in [1.29, 1.82) is 0 Å². The van der Waals surface area contributed by atoms with Crippen LogP contribution in [0.15, 0.2) is 42.0 Å². The molecule has 1 aromatic carbocycles. The van der Waals surface area contributed by atoms with Gasteiger partial charge in [-0.3, -0.25) is 9.59 Å². The number of hydrogen-bond donors (Lipinski definition) is 3. The number of cyclic esters (lactones) is 1. The van der Waals surface area contributed by atoms with Crippen LogP contribution in [-0.2, 0) is 30.2 Å². The summed E-state index contributed by atoms with van der Waals surface area (Å²) in [5.41, 5.74) is 1.39. The molecule has 3 rings (SSSR count). The van der Waals surface area contributed by atoms with E-state index < -0.39 is 35.9 Å². The molecule has 0 bridgehead atoms. The van der Waals surface area contributed by atoms with E-state index >= 15 is 0 Å². The topological polar surface area (TPSA) is 128 Å². The Morgan fingerprint density at radius 3 is 2.69 bits per heavy atom. The highest BCUT2D eigenvalue weighted by Gasteiger charge is 2.63. The SMILES string of the molecule is CNC(=O)C[C@H](OC(=O)C(C)NC)C1(C)OC1[C@H](C)C1CC(C/C=C/C=C(\C)Cc2ccc(Cl)c(OC)c2)NC(=O)O1. The molecule has 42 heavy (non-hydrogen) atoms. The molecule has 0 aliphatic carbocycles. The van der Waals surface area contributed by atoms with Crippen molar-refractivity contribution in [3.05, 3.63) is 52.6 Å². The van der Waals surface area contributed by atoms with Crippen molar-refractivity contribution >= 4 is 29.6 Å². The number of rotatable bonds is 14. The van der Waals surface area contributed by atoms with E-state index in [1.165, 1.54) is 12.6 Å². The van der Waals surface area contributed by atoms with Crippen molar-refractivity contribution in [1.82, 2.24) is 16.0 Å². The molecule has 10 nitrogen and oxygen atoms in total. The Kier molecular flexibility index (Phi) is 11.8. The number of carbonyl (C=O) groups excluding carboxylic acids is 3. The molecule has 3 N–H and O–H groups in total. The number of likely N-dealkylation sites (N-methyl/N-ethyl adjacent to an activating group) is 1. The van der Waals surface area contributed by atoms with Crippen LogP contribution in [0.3, 0.4) is 0 Å². The third-order valence-corrected chi connectivity index (χ3v) is 8.33. The van der Waals surface area contributed by atoms with Crippen molar-refractivity contribution in [2.24, 2.45) is 5.92 Å². The van der Waals surface area contributed by atoms with Gasteiger partial charge >= 0.3 is 12.1 Å². The molecule has 232 valence electrons. The third kappa shape index (κ3) is 8.72. The Bertz CT molecular complexity index is 1190. The second kappa shape index (κ2) is 14.9. The van der Waals surface area contributed by atoms with Gasteiger partial charge in [-0.15, -0.1) is 0 Å². The van der Waals surface area contributed by atoms with Gasteiger partial charge in [-0.2, -0.15) is 0 Å². The molecule has 0 spiro atoms. The van der Waals surface area contributed by atoms with E-state index in [0.717, 1.165) is 12.0 Å². The number of nitrogens with one attached hydrogen (secondary N) is 3. The van der Waals surface area contributed by atoms with Crippen LogP contribution in [-0.4, -0.2) is 75.2 Å². The number of epoxide rings is 1. The zero-order valence-electron chi connectivity index (χ0n) is 25.5. The lowest BCUT2D eigenvalue weighted by atomic mass is 9.85. The number of ether oxygens (including phenoxy) is 4. The second-order valence-corrected chi connectivity index (χ2v) is 11.6. The quantitative estimate of drug-likeness (QED) is 0.164. The van der Waals surface area contributed by atoms with Crippen LogP contribution < -0.4 is 20.7 Å². The van der Waals surface area contributed by atoms with Crippen LogP contribution in [0.1, 0.15) is 52.5 Å². The van der Waals surface area contributed by atoms with Crippen LogP contribution in [0.5, 0.6) is 5.75 Å². The summed E-state index contributed by atoms with van der Waals surface area (Å²) in [4.78, 5) is 37.2. The maximum Gasteiger partial charge on any atom is 0.407 e. The number of amides is 2. The monoisotopic (exact) mass is 605 g/mol. The van der Waals surface area contributed by atoms with Crippen LogP contribution in [0.2, 0.25) is 5.02 Å². The highest BCUT2D eigenvalue weighted by molar-refractivity contribution is 6.32. The molecule has 11 heteroatoms. The number of methoxy groups -OCH3 is 1. The summed E-state index contributed by atoms with van der Waals surface area (Å²) in [5, 5.41) is 8.91. The molecule has 0 radical (unpaired) electrons. The van der Waals surface area contributed by atoms with Crippen molar-refractivity contribution in [2.45, 2.75) is 89.4 Å². The first-order valence-corrected chi connectivity index (χ1v) is 14.7. The van der Waals surface area contributed by atoms with Crippen molar-refractivity contribution in [3.8, 4) is 5.75 Å². The fraction of sp³-hybridized carbons (Fsp3) is 0.581. The minimum absolute atomic E-state index is 0.0314. The van der Waals surface area contributed by atoms with Crippen LogP contribution in [0.4, 0.5) is 4.79 Å². The minimum Gasteiger partial charge on any atom is -0.495 e. The molecule has 2 aliphatic rings. The first kappa shape index (κ1) is 33.4. The van der Waals surface area contributed by atoms with E-state index in [0.29, 0.717) is 23.6 Å². The number of esters is 1. The summed E-state index contributed by atoms with van der Waals surface area (Å²) in [5.74, 6) is -0.254. The largest absolute Gasteiger partial charge is 0.495 e. The molecule has 7 atom stereocenters. The lowest BCUT2D eigenvalue weighted by Crippen LogP contribution is -2.49. The maximum atomic E-state index is 12.5. The van der Waals surface area contributed by atoms with Gasteiger partial charge in [0.15, 0.2) is 0 Å². The molecule has 2 aliphatic heterocycles. The summed E-state index contributed by atoms with van der Waals surface area (Å²) >= 11 is 6.12. The summed E-state index contributed by atoms with van der Waals surface area (Å²) in [6.45, 7) is 7.53. The lowest BCUT2D eigenvalue weighted by molar-refractivity contribution is -0.155. The first-order valence-electron chi connectivity index (χ1n) is 14.3. The van der Waals surface area contributed by atoms with Gasteiger partial charge in [0.1, 0.15) is 29.6 Å². The number of carbonyl (C=O) groups is 3. The molecular weight excluding hydrogens is 562 g/mol. The fourth-order valence-corrected chi connectivity index (χ4v) is 5.38. The molecule has 0 saturated carbocycles. The van der Waals surface area contributed by atoms with E-state index in [4.69, 9.17) is 30.5 Å². The van der Waals surface area contributed by atoms with Crippen molar-refractivity contribution < 1.29 is 33.3 Å². The predicted octanol–water partition coefficient (Wildman–Crippen LogP) is 4.10. The first-order chi connectivity index (χ1) is 19.9. The van der Waals surface area contributed by atoms with Crippen LogP contribution in [0.25, 0.3) is 0 Å². The van der Waals surface area contributed by atoms with Gasteiger partial charge < -0.3 is 34.9 Å². The lowest BCUT2D eigenvalue weighted by Gasteiger charge is -2.33. The molecular formula is C31H44ClN3O7. The average molecular weight is 606 g/mol. The summed E-state index contributed by atoms with van der Waals surface area (Å²) in [6, 6.07) is 5.11. The van der Waals surface area contributed by atoms with Gasteiger partial charge in [0.25, 0.3) is 0 Å². The highest BCUT2D eigenvalue weighted by Crippen LogP contribution is 2.48. The Labute approximate surface area is 253 Å². The predicted molar refractivity (Wildman–Crippen MR) is 161 cm³/mol. The molecule has 2 saturated heterocycles. The second-order valence-electron chi connectivity index (χ2n) is 11.2. The number of benzene rings is 1. The van der Waals surface area contributed by atoms with Gasteiger partial charge in [0, 0.05) is 25.4 Å². The zero-order valence-corrected chi connectivity index (χ0v) is 26.2. The Morgan fingerprint density at radius 2 is 2.02 bits per heavy atom. The average Bonchev–Trinajstić information content (AvgIpc) is 3.66. The normalized spacial score (nSPS) is 26.0. The highest BCUT2D eigenvalue weighted by atomic mass is 35.5. The van der Waals surface area contributed by atoms with Gasteiger partial charge in [-0.1, -0.05) is 48.4 Å². The Hall–Kier alpha value is -3.08. The van der Waals surface area contributed by atoms with Gasteiger partial charge in [-0.25, -0.2) is 4.79 Å². The summed E-state index contributed by atoms with van der Waals surface area (Å²) < 4.78 is 22.7. The van der Waals surface area contributed by atoms with Crippen molar-refractivity contribution in [2.75, 3.05) is 21.2 Å². The number of allylic oxidation sites excluding steroid dienone is 3. The maximum absolute atomic E-state index is 12.5. The molecule has 0 aromatic heterocycles. The molecule has 2 fully saturated rings. The number of alkyl carbamates (subject to hydrolysis) is 1. The van der Waals surface area contributed by atoms with Gasteiger partial charge in [-0.05, 0) is 58.4 Å². The van der Waals surface area contributed by atoms with Crippen LogP contribution in [0, 0.1) is 5.92 Å². The molecule has 1 aromatic rings. The van der Waals surface area contributed by atoms with Crippen LogP contribution >= 0.6 is 11.6 Å². The standard InChI is InChI=1S/C31H44ClN3O7/c1-18(14-21-12-13-23(32)25(15-21)39-7)10-8-9-11-22-16-24(40-30(38)35-22)19(2)28-31(4,42-28)26(17-27(36)34-6)41-29(37)20(3)33-5/h8-10,12-13,15,19-20,22,24,26,28,33H,11,14,16-17H2,1-7H3,(H,34,36)(H,35,38)/b9-8+,18-10+/t19-,20?,22?,24?,26+,28?,31?/m1/s1. The van der Waals surface area contributed by atoms with E-state index in [9.17, 15) is 14.4 Å². The van der Waals surface area contributed by atoms with E-state index in [1.807, 2.05) is 44.2 Å². The molecule has 2 amide bonds. The molecule has 2 heterocycles. The Balaban J connectivity index is 1.58. The zero-order chi connectivity index (χ0) is 31.0. The van der Waals surface area contributed by atoms with Gasteiger partial charge in [0.05, 0.1) is 24.7 Å². The molecule has 5 unspecified atom stereocenters. The van der Waals surface area contributed by atoms with E-state index in [2.05, 4.69) is 29.0 Å². The fourth-order valence-electron chi connectivity index (χ4n) is 5.19.